The van der Waals surface area contributed by atoms with Crippen molar-refractivity contribution in [2.75, 3.05) is 6.54 Å². The minimum absolute atomic E-state index is 0.250. The third kappa shape index (κ3) is 3.98. The van der Waals surface area contributed by atoms with E-state index in [0.717, 1.165) is 50.3 Å². The van der Waals surface area contributed by atoms with Crippen LogP contribution in [0.15, 0.2) is 24.3 Å². The second-order valence-electron chi connectivity index (χ2n) is 5.64. The normalized spacial score (nSPS) is 23.8. The van der Waals surface area contributed by atoms with Crippen LogP contribution in [0.1, 0.15) is 56.1 Å². The smallest absolute Gasteiger partial charge is 0.314 e. The lowest BCUT2D eigenvalue weighted by Crippen LogP contribution is -2.34. The maximum atomic E-state index is 12.8. The van der Waals surface area contributed by atoms with Crippen molar-refractivity contribution in [3.8, 4) is 0 Å². The van der Waals surface area contributed by atoms with Gasteiger partial charge >= 0.3 is 6.18 Å². The molecule has 2 unspecified atom stereocenters. The van der Waals surface area contributed by atoms with E-state index in [4.69, 9.17) is 0 Å². The van der Waals surface area contributed by atoms with Crippen molar-refractivity contribution in [3.05, 3.63) is 35.4 Å². The van der Waals surface area contributed by atoms with Crippen LogP contribution in [0, 0.1) is 0 Å². The van der Waals surface area contributed by atoms with Crippen LogP contribution in [-0.4, -0.2) is 12.6 Å². The molecule has 0 heterocycles. The van der Waals surface area contributed by atoms with Gasteiger partial charge in [-0.3, -0.25) is 0 Å². The summed E-state index contributed by atoms with van der Waals surface area (Å²) in [6.07, 6.45) is 1.000. The molecule has 1 nitrogen and oxygen atoms in total. The first kappa shape index (κ1) is 15.4. The Bertz CT molecular complexity index is 428. The van der Waals surface area contributed by atoms with E-state index in [0.29, 0.717) is 6.04 Å². The monoisotopic (exact) mass is 285 g/mol. The predicted molar refractivity (Wildman–Crippen MR) is 74.7 cm³/mol. The average molecular weight is 285 g/mol. The Balaban J connectivity index is 2.07. The van der Waals surface area contributed by atoms with Crippen LogP contribution in [0.4, 0.5) is 13.2 Å². The molecule has 20 heavy (non-hydrogen) atoms. The molecule has 1 N–H and O–H groups in total. The number of benzene rings is 1. The highest BCUT2D eigenvalue weighted by Crippen LogP contribution is 2.36. The van der Waals surface area contributed by atoms with Crippen LogP contribution < -0.4 is 5.32 Å². The van der Waals surface area contributed by atoms with E-state index in [1.54, 1.807) is 0 Å². The molecule has 1 aromatic rings. The van der Waals surface area contributed by atoms with Crippen molar-refractivity contribution >= 4 is 0 Å². The fourth-order valence-electron chi connectivity index (χ4n) is 3.00. The first-order valence-electron chi connectivity index (χ1n) is 7.41. The SMILES string of the molecule is CCCNC1CCCC(c2cccc(C(F)(F)F)c2)C1. The molecule has 0 amide bonds. The Morgan fingerprint density at radius 3 is 2.75 bits per heavy atom. The molecule has 0 saturated heterocycles. The first-order valence-corrected chi connectivity index (χ1v) is 7.41. The van der Waals surface area contributed by atoms with Crippen molar-refractivity contribution < 1.29 is 13.2 Å². The van der Waals surface area contributed by atoms with E-state index >= 15 is 0 Å². The summed E-state index contributed by atoms with van der Waals surface area (Å²) >= 11 is 0. The van der Waals surface area contributed by atoms with Gasteiger partial charge in [-0.25, -0.2) is 0 Å². The second kappa shape index (κ2) is 6.61. The van der Waals surface area contributed by atoms with Gasteiger partial charge in [-0.1, -0.05) is 31.5 Å². The molecule has 1 aliphatic rings. The van der Waals surface area contributed by atoms with Crippen LogP contribution in [0.5, 0.6) is 0 Å². The Morgan fingerprint density at radius 1 is 1.25 bits per heavy atom. The largest absolute Gasteiger partial charge is 0.416 e. The highest BCUT2D eigenvalue weighted by Gasteiger charge is 2.31. The number of halogens is 3. The molecule has 4 heteroatoms. The highest BCUT2D eigenvalue weighted by atomic mass is 19.4. The molecule has 2 atom stereocenters. The first-order chi connectivity index (χ1) is 9.50. The van der Waals surface area contributed by atoms with Gasteiger partial charge in [0.2, 0.25) is 0 Å². The molecule has 1 saturated carbocycles. The third-order valence-corrected chi connectivity index (χ3v) is 4.04. The van der Waals surface area contributed by atoms with Crippen LogP contribution >= 0.6 is 0 Å². The summed E-state index contributed by atoms with van der Waals surface area (Å²) in [5.41, 5.74) is 0.307. The van der Waals surface area contributed by atoms with Crippen molar-refractivity contribution in [1.29, 1.82) is 0 Å². The van der Waals surface area contributed by atoms with Gasteiger partial charge in [0.25, 0.3) is 0 Å². The molecule has 1 aliphatic carbocycles. The summed E-state index contributed by atoms with van der Waals surface area (Å²) < 4.78 is 38.3. The van der Waals surface area contributed by atoms with Gasteiger partial charge in [0, 0.05) is 6.04 Å². The zero-order valence-electron chi connectivity index (χ0n) is 11.8. The maximum absolute atomic E-state index is 12.8. The van der Waals surface area contributed by atoms with Gasteiger partial charge in [0.05, 0.1) is 5.56 Å². The van der Waals surface area contributed by atoms with Crippen molar-refractivity contribution in [3.63, 3.8) is 0 Å². The lowest BCUT2D eigenvalue weighted by molar-refractivity contribution is -0.137. The summed E-state index contributed by atoms with van der Waals surface area (Å²) in [6, 6.07) is 6.29. The van der Waals surface area contributed by atoms with E-state index in [9.17, 15) is 13.2 Å². The number of hydrogen-bond donors (Lipinski definition) is 1. The van der Waals surface area contributed by atoms with Gasteiger partial charge < -0.3 is 5.32 Å². The van der Waals surface area contributed by atoms with Crippen molar-refractivity contribution in [1.82, 2.24) is 5.32 Å². The molecule has 0 aromatic heterocycles. The number of rotatable bonds is 4. The van der Waals surface area contributed by atoms with Crippen LogP contribution in [-0.2, 0) is 6.18 Å². The van der Waals surface area contributed by atoms with Crippen molar-refractivity contribution in [2.24, 2.45) is 0 Å². The average Bonchev–Trinajstić information content (AvgIpc) is 2.45. The minimum Gasteiger partial charge on any atom is -0.314 e. The van der Waals surface area contributed by atoms with Crippen molar-refractivity contribution in [2.45, 2.75) is 57.2 Å². The van der Waals surface area contributed by atoms with Gasteiger partial charge in [0.1, 0.15) is 0 Å². The van der Waals surface area contributed by atoms with Gasteiger partial charge in [-0.05, 0) is 49.8 Å². The molecule has 0 radical (unpaired) electrons. The fourth-order valence-corrected chi connectivity index (χ4v) is 3.00. The summed E-state index contributed by atoms with van der Waals surface area (Å²) in [5, 5.41) is 3.49. The van der Waals surface area contributed by atoms with E-state index in [-0.39, 0.29) is 5.92 Å². The van der Waals surface area contributed by atoms with Gasteiger partial charge in [0.15, 0.2) is 0 Å². The Kier molecular flexibility index (Phi) is 5.08. The standard InChI is InChI=1S/C16H22F3N/c1-2-9-20-15-8-4-6-13(11-15)12-5-3-7-14(10-12)16(17,18)19/h3,5,7,10,13,15,20H,2,4,6,8-9,11H2,1H3. The lowest BCUT2D eigenvalue weighted by atomic mass is 9.81. The molecular formula is C16H22F3N. The molecule has 0 bridgehead atoms. The zero-order valence-corrected chi connectivity index (χ0v) is 11.8. The summed E-state index contributed by atoms with van der Waals surface area (Å²) in [4.78, 5) is 0. The molecule has 0 aliphatic heterocycles. The van der Waals surface area contributed by atoms with E-state index in [1.807, 2.05) is 6.07 Å². The lowest BCUT2D eigenvalue weighted by Gasteiger charge is -2.30. The molecule has 1 fully saturated rings. The second-order valence-corrected chi connectivity index (χ2v) is 5.64. The molecule has 1 aromatic carbocycles. The summed E-state index contributed by atoms with van der Waals surface area (Å²) in [5.74, 6) is 0.250. The van der Waals surface area contributed by atoms with Gasteiger partial charge in [-0.2, -0.15) is 13.2 Å². The topological polar surface area (TPSA) is 12.0 Å². The Morgan fingerprint density at radius 2 is 2.05 bits per heavy atom. The Hall–Kier alpha value is -1.03. The molecule has 0 spiro atoms. The van der Waals surface area contributed by atoms with Gasteiger partial charge in [-0.15, -0.1) is 0 Å². The van der Waals surface area contributed by atoms with E-state index in [2.05, 4.69) is 12.2 Å². The maximum Gasteiger partial charge on any atom is 0.416 e. The molecule has 2 rings (SSSR count). The highest BCUT2D eigenvalue weighted by molar-refractivity contribution is 5.28. The molecular weight excluding hydrogens is 263 g/mol. The molecule has 112 valence electrons. The number of alkyl halides is 3. The van der Waals surface area contributed by atoms with E-state index in [1.165, 1.54) is 12.1 Å². The Labute approximate surface area is 118 Å². The zero-order chi connectivity index (χ0) is 14.6. The predicted octanol–water partition coefficient (Wildman–Crippen LogP) is 4.73. The van der Waals surface area contributed by atoms with Crippen LogP contribution in [0.3, 0.4) is 0 Å². The fraction of sp³-hybridized carbons (Fsp3) is 0.625. The summed E-state index contributed by atoms with van der Waals surface area (Å²) in [6.45, 7) is 3.11. The number of hydrogen-bond acceptors (Lipinski definition) is 1. The third-order valence-electron chi connectivity index (χ3n) is 4.04. The minimum atomic E-state index is -4.25. The van der Waals surface area contributed by atoms with Crippen LogP contribution in [0.2, 0.25) is 0 Å². The van der Waals surface area contributed by atoms with E-state index < -0.39 is 11.7 Å². The quantitative estimate of drug-likeness (QED) is 0.843. The number of nitrogens with one attached hydrogen (secondary N) is 1. The summed E-state index contributed by atoms with van der Waals surface area (Å²) in [7, 11) is 0. The van der Waals surface area contributed by atoms with Crippen LogP contribution in [0.25, 0.3) is 0 Å².